The first-order valence-corrected chi connectivity index (χ1v) is 9.60. The quantitative estimate of drug-likeness (QED) is 0.839. The van der Waals surface area contributed by atoms with Crippen LogP contribution in [0.4, 0.5) is 5.95 Å². The molecule has 3 atom stereocenters. The minimum Gasteiger partial charge on any atom is -0.365 e. The van der Waals surface area contributed by atoms with Crippen LogP contribution in [0.3, 0.4) is 0 Å². The van der Waals surface area contributed by atoms with Crippen LogP contribution in [0.5, 0.6) is 0 Å². The van der Waals surface area contributed by atoms with Gasteiger partial charge in [0.1, 0.15) is 5.60 Å². The maximum Gasteiger partial charge on any atom is 0.255 e. The van der Waals surface area contributed by atoms with Gasteiger partial charge in [0.15, 0.2) is 0 Å². The number of hydrogen-bond acceptors (Lipinski definition) is 5. The number of carbonyl (C=O) groups excluding carboxylic acids is 1. The lowest BCUT2D eigenvalue weighted by molar-refractivity contribution is -0.156. The van der Waals surface area contributed by atoms with Crippen molar-refractivity contribution < 1.29 is 9.53 Å². The molecular formula is C19H26N4O2. The van der Waals surface area contributed by atoms with E-state index in [-0.39, 0.29) is 11.9 Å². The van der Waals surface area contributed by atoms with E-state index in [1.807, 2.05) is 20.0 Å². The van der Waals surface area contributed by atoms with E-state index in [4.69, 9.17) is 4.74 Å². The summed E-state index contributed by atoms with van der Waals surface area (Å²) in [5.41, 5.74) is 1.66. The Kier molecular flexibility index (Phi) is 3.36. The number of amides is 1. The Morgan fingerprint density at radius 1 is 1.28 bits per heavy atom. The van der Waals surface area contributed by atoms with Gasteiger partial charge in [-0.25, -0.2) is 9.97 Å². The normalized spacial score (nSPS) is 34.2. The Bertz CT molecular complexity index is 711. The van der Waals surface area contributed by atoms with Crippen LogP contribution in [-0.2, 0) is 9.53 Å². The van der Waals surface area contributed by atoms with Crippen LogP contribution in [0.2, 0.25) is 0 Å². The van der Waals surface area contributed by atoms with E-state index < -0.39 is 5.60 Å². The predicted octanol–water partition coefficient (Wildman–Crippen LogP) is 1.84. The summed E-state index contributed by atoms with van der Waals surface area (Å²) in [4.78, 5) is 26.9. The molecule has 5 rings (SSSR count). The second-order valence-electron chi connectivity index (χ2n) is 8.21. The first-order chi connectivity index (χ1) is 12.1. The van der Waals surface area contributed by atoms with Gasteiger partial charge >= 0.3 is 0 Å². The zero-order valence-corrected chi connectivity index (χ0v) is 15.1. The standard InChI is InChI=1S/C19H26N4O2/c1-12-9-20-18(21-13(12)2)23-11-15-8-16(23)10-22(15)17(24)19(14-4-5-14)6-3-7-25-19/h9,14-16H,3-8,10-11H2,1-2H3/t15-,16-,19?/m0/s1. The van der Waals surface area contributed by atoms with Crippen molar-refractivity contribution >= 4 is 11.9 Å². The molecule has 0 aromatic carbocycles. The molecule has 4 fully saturated rings. The summed E-state index contributed by atoms with van der Waals surface area (Å²) in [6, 6.07) is 0.622. The van der Waals surface area contributed by atoms with Crippen LogP contribution in [0.25, 0.3) is 0 Å². The van der Waals surface area contributed by atoms with Crippen molar-refractivity contribution in [2.45, 2.75) is 63.6 Å². The Labute approximate surface area is 148 Å². The van der Waals surface area contributed by atoms with Crippen molar-refractivity contribution in [1.82, 2.24) is 14.9 Å². The maximum absolute atomic E-state index is 13.3. The van der Waals surface area contributed by atoms with Gasteiger partial charge in [0.2, 0.25) is 5.95 Å². The fourth-order valence-corrected chi connectivity index (χ4v) is 4.93. The molecule has 1 aliphatic carbocycles. The van der Waals surface area contributed by atoms with Crippen molar-refractivity contribution in [3.8, 4) is 0 Å². The second-order valence-corrected chi connectivity index (χ2v) is 8.21. The molecule has 0 radical (unpaired) electrons. The smallest absolute Gasteiger partial charge is 0.255 e. The van der Waals surface area contributed by atoms with Gasteiger partial charge in [-0.05, 0) is 57.4 Å². The lowest BCUT2D eigenvalue weighted by atomic mass is 9.92. The first kappa shape index (κ1) is 15.6. The molecule has 1 aromatic heterocycles. The van der Waals surface area contributed by atoms with E-state index in [0.29, 0.717) is 12.0 Å². The van der Waals surface area contributed by atoms with Crippen molar-refractivity contribution in [2.24, 2.45) is 5.92 Å². The molecule has 3 aliphatic heterocycles. The van der Waals surface area contributed by atoms with Crippen molar-refractivity contribution in [2.75, 3.05) is 24.6 Å². The zero-order valence-electron chi connectivity index (χ0n) is 15.1. The van der Waals surface area contributed by atoms with Crippen molar-refractivity contribution in [1.29, 1.82) is 0 Å². The molecule has 4 heterocycles. The van der Waals surface area contributed by atoms with Crippen LogP contribution in [0, 0.1) is 19.8 Å². The average Bonchev–Trinajstić information content (AvgIpc) is 3.07. The van der Waals surface area contributed by atoms with Gasteiger partial charge in [0.05, 0.1) is 12.1 Å². The number of likely N-dealkylation sites (tertiary alicyclic amines) is 1. The maximum atomic E-state index is 13.3. The molecule has 2 bridgehead atoms. The third-order valence-corrected chi connectivity index (χ3v) is 6.62. The number of anilines is 1. The van der Waals surface area contributed by atoms with Gasteiger partial charge in [-0.15, -0.1) is 0 Å². The topological polar surface area (TPSA) is 58.6 Å². The highest BCUT2D eigenvalue weighted by Crippen LogP contribution is 2.49. The molecule has 6 nitrogen and oxygen atoms in total. The molecule has 4 aliphatic rings. The molecule has 0 N–H and O–H groups in total. The van der Waals surface area contributed by atoms with Crippen LogP contribution in [0.15, 0.2) is 6.20 Å². The number of ether oxygens (including phenoxy) is 1. The molecule has 25 heavy (non-hydrogen) atoms. The number of aromatic nitrogens is 2. The summed E-state index contributed by atoms with van der Waals surface area (Å²) in [6.45, 7) is 6.44. The van der Waals surface area contributed by atoms with E-state index in [1.165, 1.54) is 0 Å². The molecule has 1 aromatic rings. The van der Waals surface area contributed by atoms with Gasteiger partial charge in [-0.1, -0.05) is 0 Å². The number of piperazine rings is 1. The summed E-state index contributed by atoms with van der Waals surface area (Å²) in [7, 11) is 0. The number of hydrogen-bond donors (Lipinski definition) is 0. The molecule has 3 saturated heterocycles. The van der Waals surface area contributed by atoms with Gasteiger partial charge in [0.25, 0.3) is 5.91 Å². The molecule has 6 heteroatoms. The Morgan fingerprint density at radius 3 is 2.72 bits per heavy atom. The second kappa shape index (κ2) is 5.40. The minimum absolute atomic E-state index is 0.264. The summed E-state index contributed by atoms with van der Waals surface area (Å²) in [5.74, 6) is 1.54. The number of rotatable bonds is 3. The molecule has 1 unspecified atom stereocenters. The molecule has 1 amide bonds. The first-order valence-electron chi connectivity index (χ1n) is 9.60. The van der Waals surface area contributed by atoms with Crippen molar-refractivity contribution in [3.63, 3.8) is 0 Å². The van der Waals surface area contributed by atoms with E-state index in [1.54, 1.807) is 0 Å². The van der Waals surface area contributed by atoms with E-state index in [0.717, 1.165) is 69.0 Å². The number of nitrogens with zero attached hydrogens (tertiary/aromatic N) is 4. The van der Waals surface area contributed by atoms with Crippen LogP contribution in [0.1, 0.15) is 43.4 Å². The fourth-order valence-electron chi connectivity index (χ4n) is 4.93. The SMILES string of the molecule is Cc1cnc(N2C[C@@H]3C[C@H]2CN3C(=O)C2(C3CC3)CCCO2)nc1C. The highest BCUT2D eigenvalue weighted by atomic mass is 16.5. The lowest BCUT2D eigenvalue weighted by Gasteiger charge is -2.39. The van der Waals surface area contributed by atoms with E-state index in [9.17, 15) is 4.79 Å². The number of carbonyl (C=O) groups is 1. The van der Waals surface area contributed by atoms with Gasteiger partial charge in [-0.3, -0.25) is 4.79 Å². The third-order valence-electron chi connectivity index (χ3n) is 6.62. The summed E-state index contributed by atoms with van der Waals surface area (Å²) in [5, 5.41) is 0. The Hall–Kier alpha value is -1.69. The monoisotopic (exact) mass is 342 g/mol. The fraction of sp³-hybridized carbons (Fsp3) is 0.737. The average molecular weight is 342 g/mol. The van der Waals surface area contributed by atoms with Gasteiger partial charge in [-0.2, -0.15) is 0 Å². The van der Waals surface area contributed by atoms with Crippen LogP contribution in [-0.4, -0.2) is 58.2 Å². The third kappa shape index (κ3) is 2.30. The number of aryl methyl sites for hydroxylation is 2. The molecule has 0 spiro atoms. The van der Waals surface area contributed by atoms with E-state index >= 15 is 0 Å². The lowest BCUT2D eigenvalue weighted by Crippen LogP contribution is -2.57. The van der Waals surface area contributed by atoms with Gasteiger partial charge < -0.3 is 14.5 Å². The van der Waals surface area contributed by atoms with Crippen LogP contribution < -0.4 is 4.90 Å². The number of fused-ring (bicyclic) bond motifs is 2. The molecule has 1 saturated carbocycles. The largest absolute Gasteiger partial charge is 0.365 e. The molecular weight excluding hydrogens is 316 g/mol. The Balaban J connectivity index is 1.34. The highest BCUT2D eigenvalue weighted by molar-refractivity contribution is 5.87. The molecule has 134 valence electrons. The summed E-state index contributed by atoms with van der Waals surface area (Å²) in [6.07, 6.45) is 7.16. The zero-order chi connectivity index (χ0) is 17.2. The Morgan fingerprint density at radius 2 is 2.12 bits per heavy atom. The van der Waals surface area contributed by atoms with E-state index in [2.05, 4.69) is 19.8 Å². The van der Waals surface area contributed by atoms with Crippen LogP contribution >= 0.6 is 0 Å². The van der Waals surface area contributed by atoms with Gasteiger partial charge in [0, 0.05) is 31.6 Å². The minimum atomic E-state index is -0.494. The highest BCUT2D eigenvalue weighted by Gasteiger charge is 2.58. The predicted molar refractivity (Wildman–Crippen MR) is 93.4 cm³/mol. The summed E-state index contributed by atoms with van der Waals surface area (Å²) >= 11 is 0. The summed E-state index contributed by atoms with van der Waals surface area (Å²) < 4.78 is 6.06. The van der Waals surface area contributed by atoms with Crippen molar-refractivity contribution in [3.05, 3.63) is 17.5 Å².